The molecule has 2 aromatic rings. The summed E-state index contributed by atoms with van der Waals surface area (Å²) in [5, 5.41) is 3.35. The number of halogens is 2. The average Bonchev–Trinajstić information content (AvgIpc) is 3.16. The first-order valence-corrected chi connectivity index (χ1v) is 9.74. The van der Waals surface area contributed by atoms with Gasteiger partial charge in [0.2, 0.25) is 0 Å². The Hall–Kier alpha value is -2.52. The van der Waals surface area contributed by atoms with E-state index in [0.29, 0.717) is 17.1 Å². The number of rotatable bonds is 8. The Balaban J connectivity index is 1.57. The van der Waals surface area contributed by atoms with Crippen molar-refractivity contribution in [3.63, 3.8) is 0 Å². The van der Waals surface area contributed by atoms with E-state index in [1.54, 1.807) is 12.1 Å². The van der Waals surface area contributed by atoms with Crippen LogP contribution in [0.5, 0.6) is 5.75 Å². The van der Waals surface area contributed by atoms with Gasteiger partial charge in [0.05, 0.1) is 12.6 Å². The number of hydrogen-bond acceptors (Lipinski definition) is 4. The molecule has 1 aromatic heterocycles. The second-order valence-corrected chi connectivity index (χ2v) is 7.91. The number of aryl methyl sites for hydroxylation is 1. The zero-order chi connectivity index (χ0) is 20.3. The number of likely N-dealkylation sites (N-methyl/N-ethyl adjacent to an activating group) is 1. The lowest BCUT2D eigenvalue weighted by atomic mass is 10.1. The van der Waals surface area contributed by atoms with E-state index in [1.807, 2.05) is 7.05 Å². The van der Waals surface area contributed by atoms with Gasteiger partial charge in [0.25, 0.3) is 11.8 Å². The number of carbonyl (C=O) groups is 2. The van der Waals surface area contributed by atoms with Gasteiger partial charge in [-0.15, -0.1) is 11.3 Å². The molecule has 1 aromatic carbocycles. The molecule has 0 saturated heterocycles. The molecule has 1 unspecified atom stereocenters. The number of anilines is 1. The van der Waals surface area contributed by atoms with Gasteiger partial charge in [-0.1, -0.05) is 0 Å². The Morgan fingerprint density at radius 1 is 1.29 bits per heavy atom. The lowest BCUT2D eigenvalue weighted by Crippen LogP contribution is -3.08. The topological polar surface area (TPSA) is 85.9 Å². The number of quaternary nitrogens is 1. The van der Waals surface area contributed by atoms with Crippen LogP contribution < -0.4 is 20.7 Å². The highest BCUT2D eigenvalue weighted by atomic mass is 32.1. The number of nitrogens with two attached hydrogens (primary N) is 1. The summed E-state index contributed by atoms with van der Waals surface area (Å²) in [4.78, 5) is 26.2. The summed E-state index contributed by atoms with van der Waals surface area (Å²) in [5.41, 5.74) is 7.81. The number of hydrogen-bond donors (Lipinski definition) is 3. The van der Waals surface area contributed by atoms with E-state index in [4.69, 9.17) is 5.73 Å². The minimum Gasteiger partial charge on any atom is -0.435 e. The number of alkyl halides is 2. The maximum absolute atomic E-state index is 12.4. The van der Waals surface area contributed by atoms with Crippen molar-refractivity contribution >= 4 is 28.2 Å². The molecule has 6 nitrogen and oxygen atoms in total. The summed E-state index contributed by atoms with van der Waals surface area (Å²) >= 11 is 1.43. The summed E-state index contributed by atoms with van der Waals surface area (Å²) in [5.74, 6) is -0.627. The molecule has 0 bridgehead atoms. The van der Waals surface area contributed by atoms with Crippen LogP contribution in [-0.4, -0.2) is 32.0 Å². The first-order chi connectivity index (χ1) is 13.3. The van der Waals surface area contributed by atoms with E-state index in [1.165, 1.54) is 23.5 Å². The molecule has 150 valence electrons. The summed E-state index contributed by atoms with van der Waals surface area (Å²) in [6.07, 6.45) is 2.73. The molecule has 1 heterocycles. The fourth-order valence-electron chi connectivity index (χ4n) is 3.40. The second-order valence-electron chi connectivity index (χ2n) is 6.81. The third-order valence-corrected chi connectivity index (χ3v) is 5.74. The fourth-order valence-corrected chi connectivity index (χ4v) is 4.71. The minimum atomic E-state index is -2.85. The number of benzene rings is 1. The van der Waals surface area contributed by atoms with Gasteiger partial charge in [-0.2, -0.15) is 8.78 Å². The molecular formula is C19H22F2N3O3S+. The van der Waals surface area contributed by atoms with Crippen LogP contribution in [0, 0.1) is 0 Å². The number of primary amides is 1. The number of fused-ring (bicyclic) bond motifs is 1. The lowest BCUT2D eigenvalue weighted by Gasteiger charge is -2.14. The maximum atomic E-state index is 12.4. The molecule has 0 saturated carbocycles. The van der Waals surface area contributed by atoms with Gasteiger partial charge < -0.3 is 20.7 Å². The molecule has 0 spiro atoms. The Bertz CT molecular complexity index is 868. The number of nitrogens with one attached hydrogen (secondary N) is 2. The summed E-state index contributed by atoms with van der Waals surface area (Å²) in [6.45, 7) is -2.13. The highest BCUT2D eigenvalue weighted by molar-refractivity contribution is 7.17. The zero-order valence-electron chi connectivity index (χ0n) is 15.4. The smallest absolute Gasteiger partial charge is 0.387 e. The quantitative estimate of drug-likeness (QED) is 0.618. The molecule has 4 N–H and O–H groups in total. The molecule has 0 radical (unpaired) electrons. The number of ether oxygens (including phenoxy) is 1. The third-order valence-electron chi connectivity index (χ3n) is 4.54. The van der Waals surface area contributed by atoms with E-state index >= 15 is 0 Å². The largest absolute Gasteiger partial charge is 0.435 e. The molecule has 0 fully saturated rings. The first kappa shape index (κ1) is 20.2. The number of carbonyl (C=O) groups excluding carboxylic acids is 2. The molecule has 28 heavy (non-hydrogen) atoms. The average molecular weight is 410 g/mol. The second kappa shape index (κ2) is 8.66. The van der Waals surface area contributed by atoms with Gasteiger partial charge in [-0.05, 0) is 49.1 Å². The Labute approximate surface area is 165 Å². The van der Waals surface area contributed by atoms with Gasteiger partial charge in [0.1, 0.15) is 17.3 Å². The highest BCUT2D eigenvalue weighted by Crippen LogP contribution is 2.38. The van der Waals surface area contributed by atoms with Crippen molar-refractivity contribution < 1.29 is 28.0 Å². The molecule has 9 heteroatoms. The SMILES string of the molecule is C[NH+](CC(=O)Nc1sc2c(c1C(N)=O)CCC2)Cc1ccc(OC(F)F)cc1. The molecule has 1 aliphatic carbocycles. The standard InChI is InChI=1S/C19H21F2N3O3S/c1-24(9-11-5-7-12(8-6-11)27-19(20)21)10-15(25)23-18-16(17(22)26)13-3-2-4-14(13)28-18/h5-8,19H,2-4,9-10H2,1H3,(H2,22,26)(H,23,25)/p+1. The van der Waals surface area contributed by atoms with Gasteiger partial charge in [-0.25, -0.2) is 0 Å². The summed E-state index contributed by atoms with van der Waals surface area (Å²) in [7, 11) is 1.85. The first-order valence-electron chi connectivity index (χ1n) is 8.92. The number of amides is 2. The van der Waals surface area contributed by atoms with Crippen molar-refractivity contribution in [2.24, 2.45) is 5.73 Å². The molecule has 1 atom stereocenters. The van der Waals surface area contributed by atoms with Crippen LogP contribution in [0.25, 0.3) is 0 Å². The van der Waals surface area contributed by atoms with E-state index in [-0.39, 0.29) is 18.2 Å². The van der Waals surface area contributed by atoms with Crippen molar-refractivity contribution in [2.45, 2.75) is 32.4 Å². The fraction of sp³-hybridized carbons (Fsp3) is 0.368. The summed E-state index contributed by atoms with van der Waals surface area (Å²) in [6, 6.07) is 6.32. The van der Waals surface area contributed by atoms with Crippen LogP contribution >= 0.6 is 11.3 Å². The van der Waals surface area contributed by atoms with Crippen molar-refractivity contribution in [3.8, 4) is 5.75 Å². The van der Waals surface area contributed by atoms with E-state index in [0.717, 1.165) is 40.2 Å². The van der Waals surface area contributed by atoms with Crippen LogP contribution in [0.2, 0.25) is 0 Å². The molecule has 0 aliphatic heterocycles. The van der Waals surface area contributed by atoms with Gasteiger partial charge in [0, 0.05) is 10.4 Å². The van der Waals surface area contributed by atoms with Crippen LogP contribution in [0.3, 0.4) is 0 Å². The van der Waals surface area contributed by atoms with Gasteiger partial charge in [0.15, 0.2) is 6.54 Å². The van der Waals surface area contributed by atoms with Crippen molar-refractivity contribution in [1.82, 2.24) is 0 Å². The maximum Gasteiger partial charge on any atom is 0.387 e. The van der Waals surface area contributed by atoms with Crippen molar-refractivity contribution in [1.29, 1.82) is 0 Å². The Morgan fingerprint density at radius 2 is 2.00 bits per heavy atom. The molecular weight excluding hydrogens is 388 g/mol. The lowest BCUT2D eigenvalue weighted by molar-refractivity contribution is -0.885. The van der Waals surface area contributed by atoms with Crippen LogP contribution in [0.4, 0.5) is 13.8 Å². The van der Waals surface area contributed by atoms with Crippen LogP contribution in [-0.2, 0) is 24.2 Å². The van der Waals surface area contributed by atoms with Crippen LogP contribution in [0.15, 0.2) is 24.3 Å². The molecule has 3 rings (SSSR count). The van der Waals surface area contributed by atoms with E-state index in [9.17, 15) is 18.4 Å². The van der Waals surface area contributed by atoms with E-state index < -0.39 is 12.5 Å². The summed E-state index contributed by atoms with van der Waals surface area (Å²) < 4.78 is 28.7. The van der Waals surface area contributed by atoms with Crippen LogP contribution in [0.1, 0.15) is 32.8 Å². The highest BCUT2D eigenvalue weighted by Gasteiger charge is 2.26. The predicted octanol–water partition coefficient (Wildman–Crippen LogP) is 1.59. The monoisotopic (exact) mass is 410 g/mol. The Morgan fingerprint density at radius 3 is 2.64 bits per heavy atom. The molecule has 1 aliphatic rings. The van der Waals surface area contributed by atoms with Crippen molar-refractivity contribution in [2.75, 3.05) is 18.9 Å². The zero-order valence-corrected chi connectivity index (χ0v) is 16.2. The third kappa shape index (κ3) is 4.85. The predicted molar refractivity (Wildman–Crippen MR) is 102 cm³/mol. The minimum absolute atomic E-state index is 0.0962. The van der Waals surface area contributed by atoms with Crippen molar-refractivity contribution in [3.05, 3.63) is 45.8 Å². The Kier molecular flexibility index (Phi) is 6.25. The van der Waals surface area contributed by atoms with E-state index in [2.05, 4.69) is 10.1 Å². The normalized spacial score (nSPS) is 14.0. The number of thiophene rings is 1. The van der Waals surface area contributed by atoms with Gasteiger partial charge >= 0.3 is 6.61 Å². The molecule has 2 amide bonds. The van der Waals surface area contributed by atoms with Gasteiger partial charge in [-0.3, -0.25) is 9.59 Å².